The number of nitrogens with one attached hydrogen (secondary N) is 1. The molecule has 1 heterocycles. The van der Waals surface area contributed by atoms with Crippen LogP contribution >= 0.6 is 11.6 Å². The van der Waals surface area contributed by atoms with Crippen LogP contribution in [0.4, 0.5) is 5.69 Å². The lowest BCUT2D eigenvalue weighted by Gasteiger charge is -2.41. The van der Waals surface area contributed by atoms with Gasteiger partial charge < -0.3 is 10.1 Å². The fourth-order valence-corrected chi connectivity index (χ4v) is 6.27. The van der Waals surface area contributed by atoms with Crippen LogP contribution in [0.5, 0.6) is 5.75 Å². The van der Waals surface area contributed by atoms with E-state index in [0.717, 1.165) is 39.6 Å². The van der Waals surface area contributed by atoms with Crippen LogP contribution in [-0.4, -0.2) is 26.5 Å². The molecule has 0 saturated heterocycles. The van der Waals surface area contributed by atoms with Crippen molar-refractivity contribution in [1.29, 1.82) is 0 Å². The lowest BCUT2D eigenvalue weighted by atomic mass is 9.83. The number of anilines is 1. The molecule has 0 fully saturated rings. The Bertz CT molecular complexity index is 1390. The SMILES string of the molecule is CCC1(CC)CC(NC(=O)CN(c2ccc(C)c(C)c2)S(=O)(=O)c2ccc(Cl)cc2)c2ccccc2O1. The van der Waals surface area contributed by atoms with Crippen molar-refractivity contribution in [2.75, 3.05) is 10.8 Å². The Morgan fingerprint density at radius 2 is 1.70 bits per heavy atom. The molecule has 3 aromatic rings. The van der Waals surface area contributed by atoms with E-state index in [1.165, 1.54) is 24.3 Å². The standard InChI is InChI=1S/C29H33ClN2O4S/c1-5-29(6-2)18-26(25-9-7-8-10-27(25)36-29)31-28(33)19-32(23-14-11-20(3)21(4)17-23)37(34,35)24-15-12-22(30)13-16-24/h7-17,26H,5-6,18-19H2,1-4H3,(H,31,33). The van der Waals surface area contributed by atoms with Crippen molar-refractivity contribution in [3.8, 4) is 5.75 Å². The average Bonchev–Trinajstić information content (AvgIpc) is 2.89. The quantitative estimate of drug-likeness (QED) is 0.361. The van der Waals surface area contributed by atoms with E-state index in [0.29, 0.717) is 17.1 Å². The van der Waals surface area contributed by atoms with Gasteiger partial charge in [-0.2, -0.15) is 0 Å². The molecule has 8 heteroatoms. The van der Waals surface area contributed by atoms with Crippen LogP contribution in [0.15, 0.2) is 71.6 Å². The highest BCUT2D eigenvalue weighted by atomic mass is 35.5. The average molecular weight is 541 g/mol. The van der Waals surface area contributed by atoms with Gasteiger partial charge in [-0.1, -0.05) is 49.7 Å². The van der Waals surface area contributed by atoms with Gasteiger partial charge in [0.1, 0.15) is 17.9 Å². The van der Waals surface area contributed by atoms with E-state index in [1.54, 1.807) is 12.1 Å². The molecule has 0 bridgehead atoms. The maximum absolute atomic E-state index is 13.7. The molecule has 0 spiro atoms. The number of fused-ring (bicyclic) bond motifs is 1. The number of aryl methyl sites for hydroxylation is 2. The number of ether oxygens (including phenoxy) is 1. The highest BCUT2D eigenvalue weighted by Crippen LogP contribution is 2.42. The molecule has 1 aliphatic rings. The van der Waals surface area contributed by atoms with Crippen molar-refractivity contribution in [2.24, 2.45) is 0 Å². The molecule has 1 N–H and O–H groups in total. The van der Waals surface area contributed by atoms with Crippen molar-refractivity contribution in [2.45, 2.75) is 63.5 Å². The number of carbonyl (C=O) groups excluding carboxylic acids is 1. The molecule has 1 aliphatic heterocycles. The van der Waals surface area contributed by atoms with E-state index in [-0.39, 0.29) is 17.5 Å². The topological polar surface area (TPSA) is 75.7 Å². The summed E-state index contributed by atoms with van der Waals surface area (Å²) in [6.07, 6.45) is 2.20. The molecule has 0 aliphatic carbocycles. The van der Waals surface area contributed by atoms with Crippen molar-refractivity contribution in [3.63, 3.8) is 0 Å². The van der Waals surface area contributed by atoms with Gasteiger partial charge in [-0.15, -0.1) is 0 Å². The fourth-order valence-electron chi connectivity index (χ4n) is 4.73. The van der Waals surface area contributed by atoms with Crippen molar-refractivity contribution in [3.05, 3.63) is 88.4 Å². The first kappa shape index (κ1) is 27.0. The van der Waals surface area contributed by atoms with Gasteiger partial charge in [0.2, 0.25) is 5.91 Å². The molecule has 1 amide bonds. The number of para-hydroxylation sites is 1. The Hall–Kier alpha value is -3.03. The van der Waals surface area contributed by atoms with Gasteiger partial charge in [-0.3, -0.25) is 9.10 Å². The second kappa shape index (κ2) is 10.8. The van der Waals surface area contributed by atoms with Crippen LogP contribution < -0.4 is 14.4 Å². The van der Waals surface area contributed by atoms with Crippen LogP contribution in [-0.2, 0) is 14.8 Å². The molecule has 3 aromatic carbocycles. The first-order chi connectivity index (χ1) is 17.6. The van der Waals surface area contributed by atoms with E-state index < -0.39 is 21.5 Å². The predicted molar refractivity (Wildman–Crippen MR) is 148 cm³/mol. The van der Waals surface area contributed by atoms with Crippen LogP contribution in [0.2, 0.25) is 5.02 Å². The molecule has 196 valence electrons. The summed E-state index contributed by atoms with van der Waals surface area (Å²) in [6, 6.07) is 18.7. The maximum atomic E-state index is 13.7. The lowest BCUT2D eigenvalue weighted by Crippen LogP contribution is -2.47. The van der Waals surface area contributed by atoms with Gasteiger partial charge in [0.25, 0.3) is 10.0 Å². The highest BCUT2D eigenvalue weighted by Gasteiger charge is 2.39. The summed E-state index contributed by atoms with van der Waals surface area (Å²) >= 11 is 5.99. The molecule has 0 radical (unpaired) electrons. The zero-order chi connectivity index (χ0) is 26.8. The van der Waals surface area contributed by atoms with Crippen LogP contribution in [0.3, 0.4) is 0 Å². The first-order valence-corrected chi connectivity index (χ1v) is 14.3. The third-order valence-corrected chi connectivity index (χ3v) is 9.33. The van der Waals surface area contributed by atoms with Gasteiger partial charge in [0.15, 0.2) is 0 Å². The molecule has 37 heavy (non-hydrogen) atoms. The van der Waals surface area contributed by atoms with Crippen LogP contribution in [0.25, 0.3) is 0 Å². The number of rotatable bonds is 8. The summed E-state index contributed by atoms with van der Waals surface area (Å²) in [5, 5.41) is 3.54. The minimum Gasteiger partial charge on any atom is -0.487 e. The molecule has 4 rings (SSSR count). The largest absolute Gasteiger partial charge is 0.487 e. The minimum atomic E-state index is -4.04. The highest BCUT2D eigenvalue weighted by molar-refractivity contribution is 7.92. The van der Waals surface area contributed by atoms with Crippen molar-refractivity contribution in [1.82, 2.24) is 5.32 Å². The number of carbonyl (C=O) groups is 1. The minimum absolute atomic E-state index is 0.0651. The molecule has 1 atom stereocenters. The van der Waals surface area contributed by atoms with Crippen LogP contribution in [0, 0.1) is 13.8 Å². The normalized spacial score (nSPS) is 16.4. The third-order valence-electron chi connectivity index (χ3n) is 7.29. The number of nitrogens with zero attached hydrogens (tertiary/aromatic N) is 1. The number of hydrogen-bond acceptors (Lipinski definition) is 4. The Kier molecular flexibility index (Phi) is 7.85. The molecular weight excluding hydrogens is 508 g/mol. The summed E-state index contributed by atoms with van der Waals surface area (Å²) in [7, 11) is -4.04. The first-order valence-electron chi connectivity index (χ1n) is 12.5. The van der Waals surface area contributed by atoms with Gasteiger partial charge in [0.05, 0.1) is 16.6 Å². The van der Waals surface area contributed by atoms with Gasteiger partial charge in [0, 0.05) is 17.0 Å². The summed E-state index contributed by atoms with van der Waals surface area (Å²) in [5.41, 5.74) is 2.90. The summed E-state index contributed by atoms with van der Waals surface area (Å²) in [5.74, 6) is 0.362. The smallest absolute Gasteiger partial charge is 0.264 e. The number of halogens is 1. The molecule has 1 unspecified atom stereocenters. The number of amides is 1. The van der Waals surface area contributed by atoms with E-state index in [9.17, 15) is 13.2 Å². The predicted octanol–water partition coefficient (Wildman–Crippen LogP) is 6.35. The van der Waals surface area contributed by atoms with Gasteiger partial charge in [-0.05, 0) is 80.3 Å². The second-order valence-corrected chi connectivity index (χ2v) is 11.9. The second-order valence-electron chi connectivity index (χ2n) is 9.59. The third kappa shape index (κ3) is 5.63. The summed E-state index contributed by atoms with van der Waals surface area (Å²) < 4.78 is 35.0. The Balaban J connectivity index is 1.67. The molecule has 0 saturated carbocycles. The summed E-state index contributed by atoms with van der Waals surface area (Å²) in [4.78, 5) is 13.6. The van der Waals surface area contributed by atoms with Crippen LogP contribution in [0.1, 0.15) is 55.8 Å². The number of sulfonamides is 1. The van der Waals surface area contributed by atoms with E-state index in [2.05, 4.69) is 19.2 Å². The van der Waals surface area contributed by atoms with Gasteiger partial charge in [-0.25, -0.2) is 8.42 Å². The number of hydrogen-bond donors (Lipinski definition) is 1. The zero-order valence-corrected chi connectivity index (χ0v) is 23.2. The maximum Gasteiger partial charge on any atom is 0.264 e. The van der Waals surface area contributed by atoms with Gasteiger partial charge >= 0.3 is 0 Å². The zero-order valence-electron chi connectivity index (χ0n) is 21.6. The lowest BCUT2D eigenvalue weighted by molar-refractivity contribution is -0.121. The molecular formula is C29H33ClN2O4S. The number of benzene rings is 3. The van der Waals surface area contributed by atoms with Crippen molar-refractivity contribution >= 4 is 33.2 Å². The Morgan fingerprint density at radius 3 is 2.35 bits per heavy atom. The fraction of sp³-hybridized carbons (Fsp3) is 0.345. The Morgan fingerprint density at radius 1 is 1.03 bits per heavy atom. The van der Waals surface area contributed by atoms with E-state index in [1.807, 2.05) is 44.2 Å². The van der Waals surface area contributed by atoms with E-state index in [4.69, 9.17) is 16.3 Å². The molecule has 0 aromatic heterocycles. The Labute approximate surface area is 224 Å². The van der Waals surface area contributed by atoms with Crippen molar-refractivity contribution < 1.29 is 17.9 Å². The summed E-state index contributed by atoms with van der Waals surface area (Å²) in [6.45, 7) is 7.67. The van der Waals surface area contributed by atoms with E-state index >= 15 is 0 Å². The monoisotopic (exact) mass is 540 g/mol. The molecule has 6 nitrogen and oxygen atoms in total.